The zero-order valence-electron chi connectivity index (χ0n) is 18.0. The van der Waals surface area contributed by atoms with Crippen LogP contribution >= 0.6 is 0 Å². The van der Waals surface area contributed by atoms with E-state index in [2.05, 4.69) is 15.3 Å². The van der Waals surface area contributed by atoms with Gasteiger partial charge in [-0.2, -0.15) is 4.98 Å². The largest absolute Gasteiger partial charge is 0.493 e. The summed E-state index contributed by atoms with van der Waals surface area (Å²) in [6, 6.07) is 5.05. The van der Waals surface area contributed by atoms with E-state index in [0.29, 0.717) is 47.7 Å². The number of aromatic nitrogens is 2. The highest BCUT2D eigenvalue weighted by Crippen LogP contribution is 2.40. The highest BCUT2D eigenvalue weighted by molar-refractivity contribution is 5.90. The summed E-state index contributed by atoms with van der Waals surface area (Å²) < 4.78 is 22.0. The quantitative estimate of drug-likeness (QED) is 0.773. The van der Waals surface area contributed by atoms with Crippen molar-refractivity contribution in [3.63, 3.8) is 0 Å². The molecule has 3 rings (SSSR count). The number of nitrogens with zero attached hydrogens (tertiary/aromatic N) is 3. The van der Waals surface area contributed by atoms with E-state index in [-0.39, 0.29) is 12.1 Å². The molecule has 0 unspecified atom stereocenters. The summed E-state index contributed by atoms with van der Waals surface area (Å²) in [5.74, 6) is 2.71. The van der Waals surface area contributed by atoms with Crippen LogP contribution in [0.4, 0.5) is 10.5 Å². The van der Waals surface area contributed by atoms with Crippen LogP contribution in [-0.4, -0.2) is 61.4 Å². The van der Waals surface area contributed by atoms with Crippen LogP contribution in [0.15, 0.2) is 18.2 Å². The Bertz CT molecular complexity index is 852. The maximum Gasteiger partial charge on any atom is 0.321 e. The molecule has 1 aliphatic heterocycles. The minimum absolute atomic E-state index is 0.0175. The number of likely N-dealkylation sites (tertiary alicyclic amines) is 1. The molecule has 0 radical (unpaired) electrons. The number of aryl methyl sites for hydroxylation is 2. The Labute approximate surface area is 176 Å². The van der Waals surface area contributed by atoms with Crippen LogP contribution in [0, 0.1) is 13.8 Å². The third kappa shape index (κ3) is 5.03. The lowest BCUT2D eigenvalue weighted by Gasteiger charge is -2.32. The molecule has 162 valence electrons. The van der Waals surface area contributed by atoms with E-state index in [0.717, 1.165) is 18.5 Å². The van der Waals surface area contributed by atoms with Gasteiger partial charge in [0.25, 0.3) is 0 Å². The fourth-order valence-electron chi connectivity index (χ4n) is 3.45. The Morgan fingerprint density at radius 1 is 1.00 bits per heavy atom. The van der Waals surface area contributed by atoms with Crippen molar-refractivity contribution in [1.29, 1.82) is 0 Å². The third-order valence-electron chi connectivity index (χ3n) is 4.88. The fraction of sp³-hybridized carbons (Fsp3) is 0.476. The molecule has 9 heteroatoms. The van der Waals surface area contributed by atoms with Gasteiger partial charge in [0.2, 0.25) is 11.6 Å². The van der Waals surface area contributed by atoms with Gasteiger partial charge in [-0.15, -0.1) is 0 Å². The van der Waals surface area contributed by atoms with E-state index < -0.39 is 0 Å². The summed E-state index contributed by atoms with van der Waals surface area (Å²) in [6.45, 7) is 4.93. The molecule has 0 bridgehead atoms. The van der Waals surface area contributed by atoms with Crippen molar-refractivity contribution < 1.29 is 23.7 Å². The standard InChI is InChI=1S/C21H28N4O5/c1-13-10-19(23-14(2)22-13)30-16-6-8-25(9-7-16)21(26)24-15-11-17(27-3)20(29-5)18(12-15)28-4/h10-12,16H,6-9H2,1-5H3,(H,24,26). The van der Waals surface area contributed by atoms with Crippen molar-refractivity contribution in [1.82, 2.24) is 14.9 Å². The summed E-state index contributed by atoms with van der Waals surface area (Å²) in [7, 11) is 4.61. The molecule has 0 saturated carbocycles. The number of carbonyl (C=O) groups is 1. The van der Waals surface area contributed by atoms with Gasteiger partial charge in [-0.25, -0.2) is 9.78 Å². The number of ether oxygens (including phenoxy) is 4. The van der Waals surface area contributed by atoms with Crippen LogP contribution in [0.3, 0.4) is 0 Å². The number of hydrogen-bond acceptors (Lipinski definition) is 7. The number of piperidine rings is 1. The molecule has 2 heterocycles. The number of rotatable bonds is 6. The minimum Gasteiger partial charge on any atom is -0.493 e. The fourth-order valence-corrected chi connectivity index (χ4v) is 3.45. The van der Waals surface area contributed by atoms with Gasteiger partial charge < -0.3 is 29.2 Å². The number of hydrogen-bond donors (Lipinski definition) is 1. The molecule has 9 nitrogen and oxygen atoms in total. The van der Waals surface area contributed by atoms with E-state index in [4.69, 9.17) is 18.9 Å². The van der Waals surface area contributed by atoms with Crippen molar-refractivity contribution in [3.05, 3.63) is 29.7 Å². The molecule has 0 spiro atoms. The van der Waals surface area contributed by atoms with Gasteiger partial charge in [-0.3, -0.25) is 0 Å². The first kappa shape index (κ1) is 21.5. The Morgan fingerprint density at radius 2 is 1.63 bits per heavy atom. The van der Waals surface area contributed by atoms with Gasteiger partial charge in [0, 0.05) is 49.8 Å². The average molecular weight is 416 g/mol. The number of anilines is 1. The molecule has 1 aromatic carbocycles. The van der Waals surface area contributed by atoms with Crippen molar-refractivity contribution in [2.24, 2.45) is 0 Å². The lowest BCUT2D eigenvalue weighted by atomic mass is 10.1. The van der Waals surface area contributed by atoms with Gasteiger partial charge in [0.15, 0.2) is 11.5 Å². The normalized spacial score (nSPS) is 14.2. The summed E-state index contributed by atoms with van der Waals surface area (Å²) in [4.78, 5) is 23.1. The smallest absolute Gasteiger partial charge is 0.321 e. The van der Waals surface area contributed by atoms with Gasteiger partial charge >= 0.3 is 6.03 Å². The Morgan fingerprint density at radius 3 is 2.17 bits per heavy atom. The van der Waals surface area contributed by atoms with Crippen molar-refractivity contribution in [2.45, 2.75) is 32.8 Å². The van der Waals surface area contributed by atoms with Crippen LogP contribution in [-0.2, 0) is 0 Å². The highest BCUT2D eigenvalue weighted by atomic mass is 16.5. The van der Waals surface area contributed by atoms with Crippen molar-refractivity contribution in [2.75, 3.05) is 39.7 Å². The van der Waals surface area contributed by atoms with Gasteiger partial charge in [0.1, 0.15) is 11.9 Å². The Hall–Kier alpha value is -3.23. The molecule has 0 atom stereocenters. The summed E-state index contributed by atoms with van der Waals surface area (Å²) in [5, 5.41) is 2.90. The van der Waals surface area contributed by atoms with E-state index in [1.54, 1.807) is 17.0 Å². The molecule has 1 N–H and O–H groups in total. The molecule has 1 saturated heterocycles. The Balaban J connectivity index is 1.59. The minimum atomic E-state index is -0.184. The first-order chi connectivity index (χ1) is 14.4. The van der Waals surface area contributed by atoms with E-state index in [1.165, 1.54) is 21.3 Å². The number of urea groups is 1. The van der Waals surface area contributed by atoms with Crippen LogP contribution < -0.4 is 24.3 Å². The molecular weight excluding hydrogens is 388 g/mol. The molecule has 30 heavy (non-hydrogen) atoms. The third-order valence-corrected chi connectivity index (χ3v) is 4.88. The van der Waals surface area contributed by atoms with Crippen LogP contribution in [0.2, 0.25) is 0 Å². The predicted molar refractivity (Wildman–Crippen MR) is 112 cm³/mol. The van der Waals surface area contributed by atoms with Crippen LogP contribution in [0.25, 0.3) is 0 Å². The zero-order chi connectivity index (χ0) is 21.7. The maximum atomic E-state index is 12.7. The van der Waals surface area contributed by atoms with Gasteiger partial charge in [0.05, 0.1) is 27.0 Å². The van der Waals surface area contributed by atoms with Gasteiger partial charge in [-0.05, 0) is 13.8 Å². The predicted octanol–water partition coefficient (Wildman–Crippen LogP) is 3.19. The number of benzene rings is 1. The van der Waals surface area contributed by atoms with E-state index in [1.807, 2.05) is 19.9 Å². The molecule has 1 fully saturated rings. The molecular formula is C21H28N4O5. The molecule has 2 aromatic rings. The topological polar surface area (TPSA) is 95.0 Å². The van der Waals surface area contributed by atoms with Crippen LogP contribution in [0.1, 0.15) is 24.4 Å². The maximum absolute atomic E-state index is 12.7. The second-order valence-electron chi connectivity index (χ2n) is 7.04. The molecule has 2 amide bonds. The lowest BCUT2D eigenvalue weighted by Crippen LogP contribution is -2.43. The van der Waals surface area contributed by atoms with E-state index in [9.17, 15) is 4.79 Å². The van der Waals surface area contributed by atoms with E-state index >= 15 is 0 Å². The first-order valence-corrected chi connectivity index (χ1v) is 9.78. The molecule has 0 aliphatic carbocycles. The van der Waals surface area contributed by atoms with Crippen molar-refractivity contribution in [3.8, 4) is 23.1 Å². The van der Waals surface area contributed by atoms with Gasteiger partial charge in [-0.1, -0.05) is 0 Å². The summed E-state index contributed by atoms with van der Waals surface area (Å²) >= 11 is 0. The number of nitrogens with one attached hydrogen (secondary N) is 1. The average Bonchev–Trinajstić information content (AvgIpc) is 2.72. The summed E-state index contributed by atoms with van der Waals surface area (Å²) in [6.07, 6.45) is 1.47. The van der Waals surface area contributed by atoms with Crippen LogP contribution in [0.5, 0.6) is 23.1 Å². The zero-order valence-corrected chi connectivity index (χ0v) is 18.0. The Kier molecular flexibility index (Phi) is 6.81. The molecule has 1 aromatic heterocycles. The number of methoxy groups -OCH3 is 3. The number of amides is 2. The number of carbonyl (C=O) groups excluding carboxylic acids is 1. The first-order valence-electron chi connectivity index (χ1n) is 9.78. The lowest BCUT2D eigenvalue weighted by molar-refractivity contribution is 0.111. The van der Waals surface area contributed by atoms with Crippen molar-refractivity contribution >= 4 is 11.7 Å². The molecule has 1 aliphatic rings. The second kappa shape index (κ2) is 9.51. The highest BCUT2D eigenvalue weighted by Gasteiger charge is 2.25. The monoisotopic (exact) mass is 416 g/mol. The second-order valence-corrected chi connectivity index (χ2v) is 7.04. The summed E-state index contributed by atoms with van der Waals surface area (Å²) in [5.41, 5.74) is 1.44. The SMILES string of the molecule is COc1cc(NC(=O)N2CCC(Oc3cc(C)nc(C)n3)CC2)cc(OC)c1OC.